The molecule has 0 bridgehead atoms. The molecule has 0 radical (unpaired) electrons. The Kier molecular flexibility index (Phi) is 6.27. The highest BCUT2D eigenvalue weighted by Crippen LogP contribution is 2.33. The van der Waals surface area contributed by atoms with E-state index in [1.165, 1.54) is 12.1 Å². The van der Waals surface area contributed by atoms with E-state index in [-0.39, 0.29) is 19.0 Å². The van der Waals surface area contributed by atoms with Crippen molar-refractivity contribution in [2.75, 3.05) is 19.7 Å². The first-order valence-corrected chi connectivity index (χ1v) is 7.24. The van der Waals surface area contributed by atoms with Crippen LogP contribution >= 0.6 is 0 Å². The third-order valence-electron chi connectivity index (χ3n) is 3.74. The lowest BCUT2D eigenvalue weighted by molar-refractivity contribution is -0.146. The van der Waals surface area contributed by atoms with Crippen molar-refractivity contribution in [3.8, 4) is 0 Å². The largest absolute Gasteiger partial charge is 0.466 e. The van der Waals surface area contributed by atoms with E-state index in [1.807, 2.05) is 25.7 Å². The summed E-state index contributed by atoms with van der Waals surface area (Å²) in [7, 11) is 0. The second kappa shape index (κ2) is 7.50. The molecule has 0 fully saturated rings. The molecule has 0 amide bonds. The van der Waals surface area contributed by atoms with Crippen molar-refractivity contribution in [3.63, 3.8) is 0 Å². The number of halogens is 2. The van der Waals surface area contributed by atoms with Crippen LogP contribution in [0, 0.1) is 11.6 Å². The van der Waals surface area contributed by atoms with Gasteiger partial charge in [0.05, 0.1) is 18.6 Å². The lowest BCUT2D eigenvalue weighted by Gasteiger charge is -2.40. The fourth-order valence-electron chi connectivity index (χ4n) is 2.68. The van der Waals surface area contributed by atoms with Crippen LogP contribution in [0.15, 0.2) is 18.2 Å². The second-order valence-corrected chi connectivity index (χ2v) is 5.09. The van der Waals surface area contributed by atoms with Crippen LogP contribution in [0.1, 0.15) is 39.7 Å². The topological polar surface area (TPSA) is 29.5 Å². The van der Waals surface area contributed by atoms with E-state index in [0.717, 1.165) is 6.07 Å². The molecule has 0 aliphatic heterocycles. The van der Waals surface area contributed by atoms with E-state index in [4.69, 9.17) is 4.74 Å². The number of carbonyl (C=O) groups excluding carboxylic acids is 1. The van der Waals surface area contributed by atoms with E-state index in [9.17, 15) is 13.6 Å². The molecule has 1 aromatic rings. The number of hydrogen-bond acceptors (Lipinski definition) is 3. The van der Waals surface area contributed by atoms with E-state index in [2.05, 4.69) is 0 Å². The standard InChI is InChI=1S/C16H23F2NO2/c1-5-19(6-2)16(4,11-15(20)21-7-3)12-8-13(17)10-14(18)9-12/h8-10H,5-7,11H2,1-4H3. The van der Waals surface area contributed by atoms with Gasteiger partial charge in [-0.05, 0) is 44.6 Å². The van der Waals surface area contributed by atoms with Crippen molar-refractivity contribution >= 4 is 5.97 Å². The molecular weight excluding hydrogens is 276 g/mol. The first-order valence-electron chi connectivity index (χ1n) is 7.24. The molecule has 1 aromatic carbocycles. The Bertz CT molecular complexity index is 469. The molecule has 0 spiro atoms. The summed E-state index contributed by atoms with van der Waals surface area (Å²) >= 11 is 0. The van der Waals surface area contributed by atoms with E-state index in [0.29, 0.717) is 18.7 Å². The molecule has 0 aromatic heterocycles. The molecule has 1 unspecified atom stereocenters. The van der Waals surface area contributed by atoms with E-state index in [1.54, 1.807) is 6.92 Å². The van der Waals surface area contributed by atoms with E-state index < -0.39 is 17.2 Å². The minimum absolute atomic E-state index is 0.0470. The van der Waals surface area contributed by atoms with Gasteiger partial charge in [-0.25, -0.2) is 8.78 Å². The number of ether oxygens (including phenoxy) is 1. The van der Waals surface area contributed by atoms with Crippen LogP contribution in [0.3, 0.4) is 0 Å². The van der Waals surface area contributed by atoms with E-state index >= 15 is 0 Å². The highest BCUT2D eigenvalue weighted by Gasteiger charge is 2.35. The molecule has 0 aliphatic carbocycles. The van der Waals surface area contributed by atoms with Crippen LogP contribution in [0.4, 0.5) is 8.78 Å². The van der Waals surface area contributed by atoms with Gasteiger partial charge in [0.2, 0.25) is 0 Å². The second-order valence-electron chi connectivity index (χ2n) is 5.09. The van der Waals surface area contributed by atoms with Gasteiger partial charge in [0.25, 0.3) is 0 Å². The molecule has 118 valence electrons. The maximum absolute atomic E-state index is 13.5. The van der Waals surface area contributed by atoms with Gasteiger partial charge in [0, 0.05) is 6.07 Å². The van der Waals surface area contributed by atoms with Crippen LogP contribution in [-0.4, -0.2) is 30.6 Å². The van der Waals surface area contributed by atoms with Gasteiger partial charge in [0.15, 0.2) is 0 Å². The minimum Gasteiger partial charge on any atom is -0.466 e. The Morgan fingerprint density at radius 2 is 1.67 bits per heavy atom. The first-order chi connectivity index (χ1) is 9.87. The van der Waals surface area contributed by atoms with Gasteiger partial charge in [-0.15, -0.1) is 0 Å². The lowest BCUT2D eigenvalue weighted by Crippen LogP contribution is -2.45. The SMILES string of the molecule is CCOC(=O)CC(C)(c1cc(F)cc(F)c1)N(CC)CC. The maximum Gasteiger partial charge on any atom is 0.307 e. The molecule has 1 rings (SSSR count). The summed E-state index contributed by atoms with van der Waals surface area (Å²) < 4.78 is 32.1. The van der Waals surface area contributed by atoms with Crippen molar-refractivity contribution in [3.05, 3.63) is 35.4 Å². The molecule has 3 nitrogen and oxygen atoms in total. The number of rotatable bonds is 7. The van der Waals surface area contributed by atoms with Crippen molar-refractivity contribution in [2.45, 2.75) is 39.7 Å². The average Bonchev–Trinajstić information content (AvgIpc) is 2.39. The smallest absolute Gasteiger partial charge is 0.307 e. The lowest BCUT2D eigenvalue weighted by atomic mass is 9.86. The molecule has 0 heterocycles. The fourth-order valence-corrected chi connectivity index (χ4v) is 2.68. The normalized spacial score (nSPS) is 14.0. The Balaban J connectivity index is 3.25. The van der Waals surface area contributed by atoms with Crippen molar-refractivity contribution in [1.82, 2.24) is 4.90 Å². The summed E-state index contributed by atoms with van der Waals surface area (Å²) in [5.74, 6) is -1.67. The quantitative estimate of drug-likeness (QED) is 0.722. The average molecular weight is 299 g/mol. The molecule has 0 saturated carbocycles. The van der Waals surface area contributed by atoms with Crippen LogP contribution in [0.2, 0.25) is 0 Å². The number of nitrogens with zero attached hydrogens (tertiary/aromatic N) is 1. The fraction of sp³-hybridized carbons (Fsp3) is 0.562. The Labute approximate surface area is 124 Å². The number of carbonyl (C=O) groups is 1. The summed E-state index contributed by atoms with van der Waals surface area (Å²) in [5, 5.41) is 0. The summed E-state index contributed by atoms with van der Waals surface area (Å²) in [6.45, 7) is 9.03. The van der Waals surface area contributed by atoms with Crippen LogP contribution < -0.4 is 0 Å². The van der Waals surface area contributed by atoms with Crippen LogP contribution in [0.25, 0.3) is 0 Å². The summed E-state index contributed by atoms with van der Waals surface area (Å²) in [6, 6.07) is 3.39. The molecule has 21 heavy (non-hydrogen) atoms. The predicted molar refractivity (Wildman–Crippen MR) is 77.9 cm³/mol. The molecule has 0 saturated heterocycles. The van der Waals surface area contributed by atoms with Gasteiger partial charge < -0.3 is 4.74 Å². The monoisotopic (exact) mass is 299 g/mol. The molecule has 1 atom stereocenters. The van der Waals surface area contributed by atoms with Crippen LogP contribution in [0.5, 0.6) is 0 Å². The first kappa shape index (κ1) is 17.6. The number of esters is 1. The Morgan fingerprint density at radius 1 is 1.14 bits per heavy atom. The molecule has 0 N–H and O–H groups in total. The predicted octanol–water partition coefficient (Wildman–Crippen LogP) is 3.48. The number of benzene rings is 1. The molecule has 0 aliphatic rings. The van der Waals surface area contributed by atoms with Crippen molar-refractivity contribution < 1.29 is 18.3 Å². The zero-order chi connectivity index (χ0) is 16.0. The minimum atomic E-state index is -0.807. The maximum atomic E-state index is 13.5. The van der Waals surface area contributed by atoms with Crippen LogP contribution in [-0.2, 0) is 15.1 Å². The number of hydrogen-bond donors (Lipinski definition) is 0. The van der Waals surface area contributed by atoms with Gasteiger partial charge in [0.1, 0.15) is 11.6 Å². The zero-order valence-electron chi connectivity index (χ0n) is 13.1. The summed E-state index contributed by atoms with van der Waals surface area (Å²) in [6.07, 6.45) is 0.0470. The van der Waals surface area contributed by atoms with Crippen molar-refractivity contribution in [1.29, 1.82) is 0 Å². The van der Waals surface area contributed by atoms with Gasteiger partial charge >= 0.3 is 5.97 Å². The van der Waals surface area contributed by atoms with Gasteiger partial charge in [-0.3, -0.25) is 9.69 Å². The Morgan fingerprint density at radius 3 is 2.10 bits per heavy atom. The third-order valence-corrected chi connectivity index (χ3v) is 3.74. The molecule has 5 heteroatoms. The highest BCUT2D eigenvalue weighted by molar-refractivity contribution is 5.71. The third kappa shape index (κ3) is 4.24. The zero-order valence-corrected chi connectivity index (χ0v) is 13.1. The highest BCUT2D eigenvalue weighted by atomic mass is 19.1. The summed E-state index contributed by atoms with van der Waals surface area (Å²) in [5.41, 5.74) is -0.365. The van der Waals surface area contributed by atoms with Gasteiger partial charge in [-0.2, -0.15) is 0 Å². The molecular formula is C16H23F2NO2. The Hall–Kier alpha value is -1.49. The van der Waals surface area contributed by atoms with Gasteiger partial charge in [-0.1, -0.05) is 13.8 Å². The van der Waals surface area contributed by atoms with Crippen molar-refractivity contribution in [2.24, 2.45) is 0 Å². The summed E-state index contributed by atoms with van der Waals surface area (Å²) in [4.78, 5) is 13.9.